The van der Waals surface area contributed by atoms with Gasteiger partial charge in [0.25, 0.3) is 0 Å². The fraction of sp³-hybridized carbons (Fsp3) is 0.500. The van der Waals surface area contributed by atoms with Gasteiger partial charge < -0.3 is 24.7 Å². The number of nitrogens with zero attached hydrogens (tertiary/aromatic N) is 1. The third kappa shape index (κ3) is 4.90. The van der Waals surface area contributed by atoms with Crippen LogP contribution >= 0.6 is 0 Å². The minimum Gasteiger partial charge on any atom is -0.493 e. The van der Waals surface area contributed by atoms with E-state index in [1.165, 1.54) is 53.7 Å². The number of H-pyrrole nitrogens is 1. The summed E-state index contributed by atoms with van der Waals surface area (Å²) < 4.78 is 11.0. The largest absolute Gasteiger partial charge is 0.493 e. The molecule has 5 nitrogen and oxygen atoms in total. The van der Waals surface area contributed by atoms with E-state index >= 15 is 0 Å². The summed E-state index contributed by atoms with van der Waals surface area (Å²) in [7, 11) is 5.40. The fourth-order valence-corrected chi connectivity index (χ4v) is 5.18. The van der Waals surface area contributed by atoms with E-state index < -0.39 is 0 Å². The number of fused-ring (bicyclic) bond motifs is 1. The molecule has 33 heavy (non-hydrogen) atoms. The second-order valence-electron chi connectivity index (χ2n) is 9.32. The fourth-order valence-electron chi connectivity index (χ4n) is 5.18. The van der Waals surface area contributed by atoms with Crippen LogP contribution in [0.4, 0.5) is 0 Å². The average molecular weight is 450 g/mol. The molecule has 2 aromatic carbocycles. The predicted octanol–water partition coefficient (Wildman–Crippen LogP) is 5.76. The number of aromatic amines is 1. The van der Waals surface area contributed by atoms with Gasteiger partial charge in [0.15, 0.2) is 11.5 Å². The van der Waals surface area contributed by atoms with Gasteiger partial charge in [0.2, 0.25) is 0 Å². The molecular formula is C28H39N3O2. The van der Waals surface area contributed by atoms with Crippen molar-refractivity contribution in [3.8, 4) is 22.8 Å². The minimum absolute atomic E-state index is 0.459. The molecule has 1 saturated heterocycles. The molecule has 0 spiro atoms. The van der Waals surface area contributed by atoms with Crippen LogP contribution in [0, 0.1) is 0 Å². The van der Waals surface area contributed by atoms with Crippen molar-refractivity contribution in [1.29, 1.82) is 0 Å². The van der Waals surface area contributed by atoms with Gasteiger partial charge in [-0.25, -0.2) is 0 Å². The standard InChI is InChI=1S/C28H39N3O2/c1-6-19(2)27-23-17-21(20-11-14-31(15-12-20)16-13-29-3)7-9-24(23)30-28(27)22-8-10-25(32-4)26(18-22)33-5/h7-10,17-20,29-30H,6,11-16H2,1-5H3. The molecule has 5 heteroatoms. The molecule has 0 amide bonds. The maximum absolute atomic E-state index is 5.58. The zero-order chi connectivity index (χ0) is 23.4. The SMILES string of the molecule is CCC(C)c1c(-c2ccc(OC)c(OC)c2)[nH]c2ccc(C3CCN(CCNC)CC3)cc12. The summed E-state index contributed by atoms with van der Waals surface area (Å²) in [5.41, 5.74) is 6.44. The zero-order valence-electron chi connectivity index (χ0n) is 20.8. The molecule has 1 aromatic heterocycles. The van der Waals surface area contributed by atoms with Crippen molar-refractivity contribution in [2.75, 3.05) is 47.4 Å². The third-order valence-corrected chi connectivity index (χ3v) is 7.38. The summed E-state index contributed by atoms with van der Waals surface area (Å²) in [6.45, 7) is 9.19. The number of hydrogen-bond donors (Lipinski definition) is 2. The second kappa shape index (κ2) is 10.6. The number of likely N-dealkylation sites (tertiary alicyclic amines) is 1. The molecule has 1 aliphatic heterocycles. The van der Waals surface area contributed by atoms with E-state index in [1.807, 2.05) is 13.1 Å². The van der Waals surface area contributed by atoms with E-state index in [9.17, 15) is 0 Å². The lowest BCUT2D eigenvalue weighted by Gasteiger charge is -2.32. The molecule has 0 radical (unpaired) electrons. The number of methoxy groups -OCH3 is 2. The minimum atomic E-state index is 0.459. The van der Waals surface area contributed by atoms with Crippen LogP contribution in [-0.4, -0.2) is 57.3 Å². The Morgan fingerprint density at radius 1 is 1.06 bits per heavy atom. The first-order valence-electron chi connectivity index (χ1n) is 12.3. The van der Waals surface area contributed by atoms with Gasteiger partial charge in [0.05, 0.1) is 19.9 Å². The molecule has 1 fully saturated rings. The molecule has 178 valence electrons. The number of benzene rings is 2. The van der Waals surface area contributed by atoms with Crippen LogP contribution in [0.3, 0.4) is 0 Å². The molecule has 4 rings (SSSR count). The van der Waals surface area contributed by atoms with Crippen LogP contribution in [-0.2, 0) is 0 Å². The van der Waals surface area contributed by atoms with Gasteiger partial charge in [-0.05, 0) is 92.7 Å². The van der Waals surface area contributed by atoms with Crippen molar-refractivity contribution in [2.24, 2.45) is 0 Å². The maximum atomic E-state index is 5.58. The highest BCUT2D eigenvalue weighted by molar-refractivity contribution is 5.92. The number of aromatic nitrogens is 1. The highest BCUT2D eigenvalue weighted by atomic mass is 16.5. The van der Waals surface area contributed by atoms with Crippen molar-refractivity contribution in [3.05, 3.63) is 47.5 Å². The molecule has 1 unspecified atom stereocenters. The van der Waals surface area contributed by atoms with Gasteiger partial charge in [-0.15, -0.1) is 0 Å². The summed E-state index contributed by atoms with van der Waals surface area (Å²) in [5, 5.41) is 4.63. The molecule has 0 aliphatic carbocycles. The van der Waals surface area contributed by atoms with Crippen LogP contribution in [0.1, 0.15) is 56.1 Å². The van der Waals surface area contributed by atoms with Crippen LogP contribution in [0.15, 0.2) is 36.4 Å². The highest BCUT2D eigenvalue weighted by Crippen LogP contribution is 2.41. The first kappa shape index (κ1) is 23.7. The van der Waals surface area contributed by atoms with Gasteiger partial charge in [0.1, 0.15) is 0 Å². The number of rotatable bonds is 9. The third-order valence-electron chi connectivity index (χ3n) is 7.38. The van der Waals surface area contributed by atoms with Crippen molar-refractivity contribution >= 4 is 10.9 Å². The maximum Gasteiger partial charge on any atom is 0.161 e. The Hall–Kier alpha value is -2.50. The monoisotopic (exact) mass is 449 g/mol. The lowest BCUT2D eigenvalue weighted by molar-refractivity contribution is 0.214. The van der Waals surface area contributed by atoms with E-state index in [0.717, 1.165) is 36.6 Å². The van der Waals surface area contributed by atoms with Crippen LogP contribution in [0.5, 0.6) is 11.5 Å². The van der Waals surface area contributed by atoms with E-state index in [4.69, 9.17) is 9.47 Å². The van der Waals surface area contributed by atoms with E-state index in [1.54, 1.807) is 14.2 Å². The molecule has 2 heterocycles. The molecule has 3 aromatic rings. The quantitative estimate of drug-likeness (QED) is 0.436. The van der Waals surface area contributed by atoms with Crippen LogP contribution in [0.25, 0.3) is 22.2 Å². The number of piperidine rings is 1. The van der Waals surface area contributed by atoms with Crippen molar-refractivity contribution in [3.63, 3.8) is 0 Å². The zero-order valence-corrected chi connectivity index (χ0v) is 20.8. The van der Waals surface area contributed by atoms with Crippen LogP contribution < -0.4 is 14.8 Å². The van der Waals surface area contributed by atoms with Gasteiger partial charge in [-0.3, -0.25) is 0 Å². The second-order valence-corrected chi connectivity index (χ2v) is 9.32. The Morgan fingerprint density at radius 3 is 2.48 bits per heavy atom. The lowest BCUT2D eigenvalue weighted by Crippen LogP contribution is -2.37. The van der Waals surface area contributed by atoms with E-state index in [0.29, 0.717) is 11.8 Å². The Bertz CT molecular complexity index is 1070. The smallest absolute Gasteiger partial charge is 0.161 e. The summed E-state index contributed by atoms with van der Waals surface area (Å²) in [6, 6.07) is 13.3. The topological polar surface area (TPSA) is 49.5 Å². The number of ether oxygens (including phenoxy) is 2. The first-order chi connectivity index (χ1) is 16.1. The van der Waals surface area contributed by atoms with E-state index in [-0.39, 0.29) is 0 Å². The lowest BCUT2D eigenvalue weighted by atomic mass is 9.87. The van der Waals surface area contributed by atoms with Gasteiger partial charge in [0, 0.05) is 29.6 Å². The number of nitrogens with one attached hydrogen (secondary N) is 2. The summed E-state index contributed by atoms with van der Waals surface area (Å²) in [6.07, 6.45) is 3.57. The normalized spacial score (nSPS) is 16.3. The van der Waals surface area contributed by atoms with Crippen molar-refractivity contribution in [2.45, 2.75) is 44.9 Å². The summed E-state index contributed by atoms with van der Waals surface area (Å²) in [5.74, 6) is 2.62. The van der Waals surface area contributed by atoms with E-state index in [2.05, 4.69) is 59.4 Å². The molecule has 2 N–H and O–H groups in total. The number of likely N-dealkylation sites (N-methyl/N-ethyl adjacent to an activating group) is 1. The molecule has 0 bridgehead atoms. The Balaban J connectivity index is 1.69. The van der Waals surface area contributed by atoms with Gasteiger partial charge in [-0.1, -0.05) is 19.9 Å². The molecule has 1 aliphatic rings. The van der Waals surface area contributed by atoms with Gasteiger partial charge >= 0.3 is 0 Å². The predicted molar refractivity (Wildman–Crippen MR) is 138 cm³/mol. The molecular weight excluding hydrogens is 410 g/mol. The Kier molecular flexibility index (Phi) is 7.61. The summed E-state index contributed by atoms with van der Waals surface area (Å²) >= 11 is 0. The van der Waals surface area contributed by atoms with Crippen molar-refractivity contribution in [1.82, 2.24) is 15.2 Å². The molecule has 1 atom stereocenters. The van der Waals surface area contributed by atoms with Gasteiger partial charge in [-0.2, -0.15) is 0 Å². The first-order valence-corrected chi connectivity index (χ1v) is 12.3. The highest BCUT2D eigenvalue weighted by Gasteiger charge is 2.23. The Labute approximate surface area is 198 Å². The summed E-state index contributed by atoms with van der Waals surface area (Å²) in [4.78, 5) is 6.32. The van der Waals surface area contributed by atoms with Crippen molar-refractivity contribution < 1.29 is 9.47 Å². The Morgan fingerprint density at radius 2 is 1.82 bits per heavy atom. The molecule has 0 saturated carbocycles. The van der Waals surface area contributed by atoms with Crippen LogP contribution in [0.2, 0.25) is 0 Å². The average Bonchev–Trinajstić information content (AvgIpc) is 3.25. The number of hydrogen-bond acceptors (Lipinski definition) is 4.